The SMILES string of the molecule is CC[C@H](C)NC(=O)[C@@H]1CC(c2ccccc2[N+](=O)[O-])=NO1. The summed E-state index contributed by atoms with van der Waals surface area (Å²) in [5.74, 6) is -0.248. The topological polar surface area (TPSA) is 93.8 Å². The van der Waals surface area contributed by atoms with Crippen LogP contribution in [-0.2, 0) is 9.63 Å². The molecule has 2 rings (SSSR count). The summed E-state index contributed by atoms with van der Waals surface area (Å²) in [5.41, 5.74) is 0.774. The third-order valence-electron chi connectivity index (χ3n) is 3.37. The molecule has 1 aliphatic heterocycles. The molecule has 7 nitrogen and oxygen atoms in total. The van der Waals surface area contributed by atoms with Crippen LogP contribution >= 0.6 is 0 Å². The van der Waals surface area contributed by atoms with E-state index in [0.717, 1.165) is 6.42 Å². The van der Waals surface area contributed by atoms with Gasteiger partial charge in [-0.25, -0.2) is 0 Å². The number of amides is 1. The number of nitrogens with one attached hydrogen (secondary N) is 1. The number of nitro benzene ring substituents is 1. The van der Waals surface area contributed by atoms with Gasteiger partial charge in [-0.3, -0.25) is 14.9 Å². The molecule has 0 unspecified atom stereocenters. The lowest BCUT2D eigenvalue weighted by atomic mass is 10.0. The maximum absolute atomic E-state index is 12.0. The second-order valence-electron chi connectivity index (χ2n) is 4.93. The first kappa shape index (κ1) is 15.0. The fraction of sp³-hybridized carbons (Fsp3) is 0.429. The number of nitrogens with zero attached hydrogens (tertiary/aromatic N) is 2. The molecule has 1 aromatic rings. The minimum absolute atomic E-state index is 0.0390. The van der Waals surface area contributed by atoms with E-state index in [1.54, 1.807) is 18.2 Å². The van der Waals surface area contributed by atoms with Crippen LogP contribution in [0.1, 0.15) is 32.3 Å². The van der Waals surface area contributed by atoms with Crippen molar-refractivity contribution in [3.63, 3.8) is 0 Å². The van der Waals surface area contributed by atoms with E-state index in [2.05, 4.69) is 10.5 Å². The first-order valence-electron chi connectivity index (χ1n) is 6.79. The molecule has 0 aromatic heterocycles. The van der Waals surface area contributed by atoms with Crippen LogP contribution in [0.5, 0.6) is 0 Å². The zero-order valence-corrected chi connectivity index (χ0v) is 11.9. The van der Waals surface area contributed by atoms with E-state index in [1.165, 1.54) is 6.07 Å². The highest BCUT2D eigenvalue weighted by atomic mass is 16.6. The number of nitro groups is 1. The van der Waals surface area contributed by atoms with E-state index >= 15 is 0 Å². The molecule has 0 spiro atoms. The molecule has 0 saturated carbocycles. The predicted octanol–water partition coefficient (Wildman–Crippen LogP) is 2.00. The number of para-hydroxylation sites is 1. The molecule has 1 aliphatic rings. The zero-order chi connectivity index (χ0) is 15.4. The van der Waals surface area contributed by atoms with Gasteiger partial charge in [0.15, 0.2) is 0 Å². The predicted molar refractivity (Wildman–Crippen MR) is 77.0 cm³/mol. The molecule has 112 valence electrons. The van der Waals surface area contributed by atoms with Crippen molar-refractivity contribution in [1.29, 1.82) is 0 Å². The van der Waals surface area contributed by atoms with E-state index in [9.17, 15) is 14.9 Å². The van der Waals surface area contributed by atoms with Gasteiger partial charge >= 0.3 is 0 Å². The Morgan fingerprint density at radius 1 is 1.57 bits per heavy atom. The highest BCUT2D eigenvalue weighted by molar-refractivity contribution is 6.06. The summed E-state index contributed by atoms with van der Waals surface area (Å²) in [6, 6.07) is 6.35. The summed E-state index contributed by atoms with van der Waals surface area (Å²) >= 11 is 0. The van der Waals surface area contributed by atoms with Crippen LogP contribution in [0.4, 0.5) is 5.69 Å². The van der Waals surface area contributed by atoms with Crippen LogP contribution in [0.2, 0.25) is 0 Å². The van der Waals surface area contributed by atoms with Crippen LogP contribution in [0.15, 0.2) is 29.4 Å². The molecular weight excluding hydrogens is 274 g/mol. The van der Waals surface area contributed by atoms with Crippen molar-refractivity contribution in [2.24, 2.45) is 5.16 Å². The fourth-order valence-electron chi connectivity index (χ4n) is 1.99. The summed E-state index contributed by atoms with van der Waals surface area (Å²) in [6.07, 6.45) is 0.317. The quantitative estimate of drug-likeness (QED) is 0.663. The van der Waals surface area contributed by atoms with Crippen LogP contribution in [0, 0.1) is 10.1 Å². The number of benzene rings is 1. The molecular formula is C14H17N3O4. The molecule has 1 amide bonds. The number of hydrogen-bond donors (Lipinski definition) is 1. The van der Waals surface area contributed by atoms with Crippen molar-refractivity contribution in [1.82, 2.24) is 5.32 Å². The largest absolute Gasteiger partial charge is 0.382 e. The van der Waals surface area contributed by atoms with Crippen LogP contribution < -0.4 is 5.32 Å². The average Bonchev–Trinajstić information content (AvgIpc) is 2.96. The van der Waals surface area contributed by atoms with Crippen LogP contribution in [0.25, 0.3) is 0 Å². The Labute approximate surface area is 122 Å². The van der Waals surface area contributed by atoms with Crippen molar-refractivity contribution >= 4 is 17.3 Å². The highest BCUT2D eigenvalue weighted by Crippen LogP contribution is 2.24. The maximum Gasteiger partial charge on any atom is 0.278 e. The van der Waals surface area contributed by atoms with Gasteiger partial charge in [-0.2, -0.15) is 0 Å². The molecule has 0 bridgehead atoms. The van der Waals surface area contributed by atoms with Crippen LogP contribution in [-0.4, -0.2) is 28.7 Å². The van der Waals surface area contributed by atoms with Gasteiger partial charge in [0, 0.05) is 18.5 Å². The van der Waals surface area contributed by atoms with Gasteiger partial charge in [0.25, 0.3) is 11.6 Å². The number of carbonyl (C=O) groups excluding carboxylic acids is 1. The summed E-state index contributed by atoms with van der Waals surface area (Å²) < 4.78 is 0. The van der Waals surface area contributed by atoms with Crippen LogP contribution in [0.3, 0.4) is 0 Å². The van der Waals surface area contributed by atoms with E-state index in [-0.39, 0.29) is 24.1 Å². The van der Waals surface area contributed by atoms with E-state index in [0.29, 0.717) is 11.3 Å². The Kier molecular flexibility index (Phi) is 4.52. The van der Waals surface area contributed by atoms with Gasteiger partial charge in [0.1, 0.15) is 0 Å². The molecule has 1 aromatic carbocycles. The Hall–Kier alpha value is -2.44. The minimum atomic E-state index is -0.728. The maximum atomic E-state index is 12.0. The first-order valence-corrected chi connectivity index (χ1v) is 6.79. The lowest BCUT2D eigenvalue weighted by molar-refractivity contribution is -0.385. The fourth-order valence-corrected chi connectivity index (χ4v) is 1.99. The summed E-state index contributed by atoms with van der Waals surface area (Å²) in [7, 11) is 0. The van der Waals surface area contributed by atoms with Gasteiger partial charge < -0.3 is 10.2 Å². The first-order chi connectivity index (χ1) is 10.0. The second kappa shape index (κ2) is 6.34. The molecule has 1 heterocycles. The lowest BCUT2D eigenvalue weighted by Crippen LogP contribution is -2.39. The van der Waals surface area contributed by atoms with Crippen molar-refractivity contribution in [2.45, 2.75) is 38.8 Å². The Bertz CT molecular complexity index is 585. The van der Waals surface area contributed by atoms with Gasteiger partial charge in [-0.1, -0.05) is 24.2 Å². The number of carbonyl (C=O) groups is 1. The molecule has 0 fully saturated rings. The van der Waals surface area contributed by atoms with E-state index in [1.807, 2.05) is 13.8 Å². The van der Waals surface area contributed by atoms with Gasteiger partial charge in [-0.05, 0) is 19.4 Å². The van der Waals surface area contributed by atoms with Gasteiger partial charge in [0.2, 0.25) is 6.10 Å². The molecule has 1 N–H and O–H groups in total. The highest BCUT2D eigenvalue weighted by Gasteiger charge is 2.32. The Morgan fingerprint density at radius 2 is 2.29 bits per heavy atom. The molecule has 0 aliphatic carbocycles. The zero-order valence-electron chi connectivity index (χ0n) is 11.9. The minimum Gasteiger partial charge on any atom is -0.382 e. The summed E-state index contributed by atoms with van der Waals surface area (Å²) in [5, 5.41) is 17.7. The summed E-state index contributed by atoms with van der Waals surface area (Å²) in [4.78, 5) is 27.6. The van der Waals surface area contributed by atoms with Crippen molar-refractivity contribution in [3.05, 3.63) is 39.9 Å². The third-order valence-corrected chi connectivity index (χ3v) is 3.37. The number of hydrogen-bond acceptors (Lipinski definition) is 5. The smallest absolute Gasteiger partial charge is 0.278 e. The van der Waals surface area contributed by atoms with Gasteiger partial charge in [-0.15, -0.1) is 0 Å². The Morgan fingerprint density at radius 3 is 2.95 bits per heavy atom. The molecule has 2 atom stereocenters. The average molecular weight is 291 g/mol. The molecule has 0 radical (unpaired) electrons. The standard InChI is InChI=1S/C14H17N3O4/c1-3-9(2)15-14(18)13-8-11(16-21-13)10-6-4-5-7-12(10)17(19)20/h4-7,9,13H,3,8H2,1-2H3,(H,15,18)/t9-,13-/m0/s1. The third kappa shape index (κ3) is 3.36. The van der Waals surface area contributed by atoms with Crippen molar-refractivity contribution in [3.8, 4) is 0 Å². The normalized spacial score (nSPS) is 18.6. The van der Waals surface area contributed by atoms with Gasteiger partial charge in [0.05, 0.1) is 16.2 Å². The number of rotatable bonds is 5. The molecule has 21 heavy (non-hydrogen) atoms. The lowest BCUT2D eigenvalue weighted by Gasteiger charge is -2.14. The van der Waals surface area contributed by atoms with E-state index in [4.69, 9.17) is 4.84 Å². The van der Waals surface area contributed by atoms with Crippen molar-refractivity contribution < 1.29 is 14.6 Å². The second-order valence-corrected chi connectivity index (χ2v) is 4.93. The van der Waals surface area contributed by atoms with Crippen molar-refractivity contribution in [2.75, 3.05) is 0 Å². The monoisotopic (exact) mass is 291 g/mol. The molecule has 7 heteroatoms. The molecule has 0 saturated heterocycles. The Balaban J connectivity index is 2.09. The summed E-state index contributed by atoms with van der Waals surface area (Å²) in [6.45, 7) is 3.87. The van der Waals surface area contributed by atoms with E-state index < -0.39 is 11.0 Å². The number of oxime groups is 1.